The van der Waals surface area contributed by atoms with Crippen molar-refractivity contribution in [1.29, 1.82) is 0 Å². The van der Waals surface area contributed by atoms with Gasteiger partial charge < -0.3 is 4.74 Å². The van der Waals surface area contributed by atoms with Gasteiger partial charge >= 0.3 is 0 Å². The van der Waals surface area contributed by atoms with E-state index in [4.69, 9.17) is 16.3 Å². The Balaban J connectivity index is 2.12. The first-order valence-corrected chi connectivity index (χ1v) is 6.70. The number of fused-ring (bicyclic) bond motifs is 1. The fourth-order valence-corrected chi connectivity index (χ4v) is 3.16. The molecule has 2 aromatic heterocycles. The summed E-state index contributed by atoms with van der Waals surface area (Å²) in [5.41, 5.74) is 0. The Morgan fingerprint density at radius 1 is 1.22 bits per heavy atom. The Labute approximate surface area is 114 Å². The highest BCUT2D eigenvalue weighted by Crippen LogP contribution is 2.41. The van der Waals surface area contributed by atoms with Gasteiger partial charge in [0.05, 0.1) is 16.6 Å². The van der Waals surface area contributed by atoms with Gasteiger partial charge in [-0.2, -0.15) is 0 Å². The third-order valence-corrected chi connectivity index (χ3v) is 4.30. The average Bonchev–Trinajstić information content (AvgIpc) is 2.67. The summed E-state index contributed by atoms with van der Waals surface area (Å²) in [5.74, 6) is 1.49. The van der Waals surface area contributed by atoms with E-state index in [-0.39, 0.29) is 0 Å². The van der Waals surface area contributed by atoms with E-state index in [0.29, 0.717) is 5.75 Å². The molecule has 0 radical (unpaired) electrons. The van der Waals surface area contributed by atoms with Gasteiger partial charge in [0.2, 0.25) is 0 Å². The Hall–Kier alpha value is -1.58. The lowest BCUT2D eigenvalue weighted by atomic mass is 10.2. The van der Waals surface area contributed by atoms with E-state index in [1.165, 1.54) is 0 Å². The van der Waals surface area contributed by atoms with Crippen molar-refractivity contribution in [2.45, 2.75) is 6.92 Å². The van der Waals surface area contributed by atoms with Crippen molar-refractivity contribution in [3.8, 4) is 11.5 Å². The van der Waals surface area contributed by atoms with Crippen LogP contribution in [0.15, 0.2) is 42.7 Å². The predicted molar refractivity (Wildman–Crippen MR) is 75.9 cm³/mol. The van der Waals surface area contributed by atoms with Crippen LogP contribution in [0.2, 0.25) is 5.02 Å². The number of rotatable bonds is 2. The van der Waals surface area contributed by atoms with Crippen LogP contribution in [-0.4, -0.2) is 4.98 Å². The Morgan fingerprint density at radius 2 is 2.11 bits per heavy atom. The van der Waals surface area contributed by atoms with Crippen molar-refractivity contribution in [1.82, 2.24) is 4.98 Å². The molecule has 0 saturated heterocycles. The van der Waals surface area contributed by atoms with Crippen molar-refractivity contribution in [2.24, 2.45) is 0 Å². The highest BCUT2D eigenvalue weighted by molar-refractivity contribution is 7.19. The molecule has 2 nitrogen and oxygen atoms in total. The summed E-state index contributed by atoms with van der Waals surface area (Å²) >= 11 is 8.00. The third kappa shape index (κ3) is 1.96. The number of hydrogen-bond donors (Lipinski definition) is 0. The number of ether oxygens (including phenoxy) is 1. The van der Waals surface area contributed by atoms with E-state index >= 15 is 0 Å². The molecule has 90 valence electrons. The highest BCUT2D eigenvalue weighted by Gasteiger charge is 2.12. The van der Waals surface area contributed by atoms with Gasteiger partial charge in [0.25, 0.3) is 0 Å². The highest BCUT2D eigenvalue weighted by atomic mass is 35.5. The van der Waals surface area contributed by atoms with Gasteiger partial charge in [0, 0.05) is 15.8 Å². The molecule has 0 aliphatic carbocycles. The smallest absolute Gasteiger partial charge is 0.145 e. The fraction of sp³-hybridized carbons (Fsp3) is 0.0714. The zero-order chi connectivity index (χ0) is 12.5. The van der Waals surface area contributed by atoms with Crippen LogP contribution in [0.3, 0.4) is 0 Å². The lowest BCUT2D eigenvalue weighted by Crippen LogP contribution is -1.85. The molecule has 3 aromatic rings. The summed E-state index contributed by atoms with van der Waals surface area (Å²) in [4.78, 5) is 5.14. The molecular formula is C14H10ClNOS. The molecule has 0 N–H and O–H groups in total. The molecule has 3 rings (SSSR count). The number of thiophene rings is 1. The van der Waals surface area contributed by atoms with Gasteiger partial charge in [-0.1, -0.05) is 17.7 Å². The van der Waals surface area contributed by atoms with Crippen LogP contribution in [0.4, 0.5) is 0 Å². The van der Waals surface area contributed by atoms with E-state index in [1.807, 2.05) is 31.2 Å². The summed E-state index contributed by atoms with van der Waals surface area (Å²) in [6, 6.07) is 9.66. The van der Waals surface area contributed by atoms with Gasteiger partial charge in [-0.05, 0) is 31.2 Å². The molecule has 1 aromatic carbocycles. The fourth-order valence-electron chi connectivity index (χ4n) is 1.82. The van der Waals surface area contributed by atoms with Crippen LogP contribution in [0.25, 0.3) is 10.1 Å². The molecule has 0 saturated carbocycles. The number of aryl methyl sites for hydroxylation is 1. The monoisotopic (exact) mass is 275 g/mol. The Kier molecular flexibility index (Phi) is 2.94. The first-order valence-electron chi connectivity index (χ1n) is 5.51. The third-order valence-electron chi connectivity index (χ3n) is 2.64. The maximum absolute atomic E-state index is 6.33. The minimum Gasteiger partial charge on any atom is -0.455 e. The first-order chi connectivity index (χ1) is 8.75. The van der Waals surface area contributed by atoms with Gasteiger partial charge in [-0.3, -0.25) is 4.98 Å². The van der Waals surface area contributed by atoms with Crippen molar-refractivity contribution >= 4 is 33.0 Å². The van der Waals surface area contributed by atoms with Crippen LogP contribution >= 0.6 is 22.9 Å². The zero-order valence-corrected chi connectivity index (χ0v) is 11.3. The molecule has 4 heteroatoms. The minimum absolute atomic E-state index is 0.713. The molecule has 0 aliphatic heterocycles. The Bertz CT molecular complexity index is 694. The number of pyridine rings is 1. The van der Waals surface area contributed by atoms with Crippen LogP contribution in [0, 0.1) is 6.92 Å². The summed E-state index contributed by atoms with van der Waals surface area (Å²) in [7, 11) is 0. The van der Waals surface area contributed by atoms with Gasteiger partial charge in [-0.15, -0.1) is 11.3 Å². The van der Waals surface area contributed by atoms with E-state index in [0.717, 1.165) is 25.7 Å². The second-order valence-corrected chi connectivity index (χ2v) is 5.53. The van der Waals surface area contributed by atoms with Crippen LogP contribution in [0.5, 0.6) is 11.5 Å². The van der Waals surface area contributed by atoms with E-state index in [9.17, 15) is 0 Å². The number of benzene rings is 1. The quantitative estimate of drug-likeness (QED) is 0.653. The standard InChI is InChI=1S/C14H10ClNOS/c1-9-14(15)13-11(5-2-6-12(13)18-9)17-10-4-3-7-16-8-10/h2-8H,1H3. The van der Waals surface area contributed by atoms with Crippen LogP contribution in [0.1, 0.15) is 4.88 Å². The maximum atomic E-state index is 6.33. The molecule has 18 heavy (non-hydrogen) atoms. The number of aromatic nitrogens is 1. The molecule has 0 amide bonds. The number of hydrogen-bond acceptors (Lipinski definition) is 3. The lowest BCUT2D eigenvalue weighted by Gasteiger charge is -2.06. The van der Waals surface area contributed by atoms with E-state index < -0.39 is 0 Å². The maximum Gasteiger partial charge on any atom is 0.145 e. The molecule has 0 bridgehead atoms. The van der Waals surface area contributed by atoms with Crippen molar-refractivity contribution < 1.29 is 4.74 Å². The van der Waals surface area contributed by atoms with E-state index in [2.05, 4.69) is 11.1 Å². The summed E-state index contributed by atoms with van der Waals surface area (Å²) in [5, 5.41) is 1.75. The minimum atomic E-state index is 0.713. The molecule has 2 heterocycles. The summed E-state index contributed by atoms with van der Waals surface area (Å²) in [6.45, 7) is 2.01. The Morgan fingerprint density at radius 3 is 2.89 bits per heavy atom. The largest absolute Gasteiger partial charge is 0.455 e. The molecule has 0 aliphatic rings. The van der Waals surface area contributed by atoms with E-state index in [1.54, 1.807) is 23.7 Å². The molecule has 0 unspecified atom stereocenters. The van der Waals surface area contributed by atoms with Gasteiger partial charge in [-0.25, -0.2) is 0 Å². The van der Waals surface area contributed by atoms with Crippen molar-refractivity contribution in [2.75, 3.05) is 0 Å². The van der Waals surface area contributed by atoms with Crippen molar-refractivity contribution in [3.05, 3.63) is 52.6 Å². The lowest BCUT2D eigenvalue weighted by molar-refractivity contribution is 0.486. The van der Waals surface area contributed by atoms with Crippen LogP contribution in [-0.2, 0) is 0 Å². The summed E-state index contributed by atoms with van der Waals surface area (Å²) in [6.07, 6.45) is 3.40. The van der Waals surface area contributed by atoms with Crippen molar-refractivity contribution in [3.63, 3.8) is 0 Å². The topological polar surface area (TPSA) is 22.1 Å². The SMILES string of the molecule is Cc1sc2cccc(Oc3cccnc3)c2c1Cl. The first kappa shape index (κ1) is 11.5. The zero-order valence-electron chi connectivity index (χ0n) is 9.68. The van der Waals surface area contributed by atoms with Gasteiger partial charge in [0.1, 0.15) is 11.5 Å². The van der Waals surface area contributed by atoms with Gasteiger partial charge in [0.15, 0.2) is 0 Å². The predicted octanol–water partition coefficient (Wildman–Crippen LogP) is 5.05. The van der Waals surface area contributed by atoms with Crippen LogP contribution < -0.4 is 4.74 Å². The summed E-state index contributed by atoms with van der Waals surface area (Å²) < 4.78 is 6.98. The number of nitrogens with zero attached hydrogens (tertiary/aromatic N) is 1. The molecular weight excluding hydrogens is 266 g/mol. The second kappa shape index (κ2) is 4.59. The molecule has 0 spiro atoms. The average molecular weight is 276 g/mol. The second-order valence-electron chi connectivity index (χ2n) is 3.89. The molecule has 0 atom stereocenters. The normalized spacial score (nSPS) is 10.8. The number of halogens is 1. The molecule has 0 fully saturated rings.